The van der Waals surface area contributed by atoms with Gasteiger partial charge >= 0.3 is 0 Å². The highest BCUT2D eigenvalue weighted by Gasteiger charge is 2.39. The van der Waals surface area contributed by atoms with Gasteiger partial charge in [0.2, 0.25) is 0 Å². The molecule has 0 saturated carbocycles. The highest BCUT2D eigenvalue weighted by atomic mass is 32.1. The van der Waals surface area contributed by atoms with Crippen molar-refractivity contribution in [3.05, 3.63) is 35.4 Å². The fraction of sp³-hybridized carbons (Fsp3) is 0.556. The summed E-state index contributed by atoms with van der Waals surface area (Å²) >= 11 is 5.47. The van der Waals surface area contributed by atoms with Crippen LogP contribution in [-0.4, -0.2) is 41.1 Å². The summed E-state index contributed by atoms with van der Waals surface area (Å²) < 4.78 is 0. The summed E-state index contributed by atoms with van der Waals surface area (Å²) in [5.74, 6) is 0.0396. The average molecular weight is 331 g/mol. The Morgan fingerprint density at radius 2 is 1.78 bits per heavy atom. The number of amides is 1. The molecule has 1 aromatic rings. The third-order valence-corrected chi connectivity index (χ3v) is 5.49. The number of benzene rings is 1. The molecule has 1 amide bonds. The maximum Gasteiger partial charge on any atom is 0.251 e. The number of hydrogen-bond donors (Lipinski definition) is 2. The fourth-order valence-corrected chi connectivity index (χ4v) is 4.23. The van der Waals surface area contributed by atoms with Gasteiger partial charge in [0, 0.05) is 30.7 Å². The van der Waals surface area contributed by atoms with Crippen LogP contribution in [0.1, 0.15) is 48.0 Å². The van der Waals surface area contributed by atoms with Crippen LogP contribution < -0.4 is 10.6 Å². The van der Waals surface area contributed by atoms with E-state index in [0.29, 0.717) is 12.1 Å². The lowest BCUT2D eigenvalue weighted by molar-refractivity contribution is 0.0742. The van der Waals surface area contributed by atoms with Crippen LogP contribution in [0.5, 0.6) is 0 Å². The van der Waals surface area contributed by atoms with E-state index in [1.165, 1.54) is 12.0 Å². The number of nitrogens with one attached hydrogen (secondary N) is 2. The van der Waals surface area contributed by atoms with E-state index in [0.717, 1.165) is 36.4 Å². The van der Waals surface area contributed by atoms with Crippen LogP contribution >= 0.6 is 12.2 Å². The number of thiocarbonyl (C=S) groups is 1. The van der Waals surface area contributed by atoms with Gasteiger partial charge in [0.05, 0.1) is 0 Å². The first-order chi connectivity index (χ1) is 11.1. The Labute approximate surface area is 143 Å². The van der Waals surface area contributed by atoms with E-state index in [9.17, 15) is 4.79 Å². The highest BCUT2D eigenvalue weighted by Crippen LogP contribution is 2.34. The molecule has 23 heavy (non-hydrogen) atoms. The van der Waals surface area contributed by atoms with E-state index in [1.807, 2.05) is 38.2 Å². The van der Waals surface area contributed by atoms with Crippen LogP contribution in [0.25, 0.3) is 0 Å². The van der Waals surface area contributed by atoms with Crippen LogP contribution in [0.3, 0.4) is 0 Å². The first kappa shape index (κ1) is 16.2. The number of piperidine rings is 2. The van der Waals surface area contributed by atoms with Crippen LogP contribution in [-0.2, 0) is 0 Å². The number of carbonyl (C=O) groups excluding carboxylic acids is 1. The third-order valence-electron chi connectivity index (χ3n) is 5.07. The zero-order chi connectivity index (χ0) is 16.4. The Balaban J connectivity index is 1.66. The Morgan fingerprint density at radius 1 is 1.17 bits per heavy atom. The minimum atomic E-state index is 0.0396. The smallest absolute Gasteiger partial charge is 0.251 e. The lowest BCUT2D eigenvalue weighted by Gasteiger charge is -2.50. The Bertz CT molecular complexity index is 572. The molecule has 5 heteroatoms. The molecule has 0 radical (unpaired) electrons. The van der Waals surface area contributed by atoms with E-state index >= 15 is 0 Å². The number of rotatable bonds is 2. The molecule has 2 unspecified atom stereocenters. The van der Waals surface area contributed by atoms with Crippen LogP contribution in [0.4, 0.5) is 0 Å². The van der Waals surface area contributed by atoms with Gasteiger partial charge in [-0.1, -0.05) is 17.7 Å². The molecule has 0 spiro atoms. The summed E-state index contributed by atoms with van der Waals surface area (Å²) in [5, 5.41) is 7.20. The molecule has 3 rings (SSSR count). The molecule has 124 valence electrons. The number of aryl methyl sites for hydroxylation is 1. The molecule has 4 nitrogen and oxygen atoms in total. The zero-order valence-electron chi connectivity index (χ0n) is 13.8. The first-order valence-electron chi connectivity index (χ1n) is 8.46. The summed E-state index contributed by atoms with van der Waals surface area (Å²) in [4.78, 5) is 14.8. The topological polar surface area (TPSA) is 44.4 Å². The van der Waals surface area contributed by atoms with E-state index in [1.54, 1.807) is 0 Å². The van der Waals surface area contributed by atoms with Crippen molar-refractivity contribution in [1.82, 2.24) is 15.5 Å². The van der Waals surface area contributed by atoms with Crippen molar-refractivity contribution in [2.75, 3.05) is 7.05 Å². The number of fused-ring (bicyclic) bond motifs is 2. The second-order valence-corrected chi connectivity index (χ2v) is 7.10. The van der Waals surface area contributed by atoms with Gasteiger partial charge in [-0.25, -0.2) is 0 Å². The Morgan fingerprint density at radius 3 is 2.35 bits per heavy atom. The van der Waals surface area contributed by atoms with E-state index < -0.39 is 0 Å². The summed E-state index contributed by atoms with van der Waals surface area (Å²) in [6.45, 7) is 2.03. The quantitative estimate of drug-likeness (QED) is 0.818. The van der Waals surface area contributed by atoms with E-state index in [-0.39, 0.29) is 11.9 Å². The molecule has 2 saturated heterocycles. The largest absolute Gasteiger partial charge is 0.366 e. The minimum Gasteiger partial charge on any atom is -0.366 e. The maximum absolute atomic E-state index is 12.5. The number of carbonyl (C=O) groups is 1. The van der Waals surface area contributed by atoms with Crippen molar-refractivity contribution in [3.8, 4) is 0 Å². The fourth-order valence-electron chi connectivity index (χ4n) is 3.93. The summed E-state index contributed by atoms with van der Waals surface area (Å²) in [6, 6.07) is 8.91. The van der Waals surface area contributed by atoms with Gasteiger partial charge in [-0.3, -0.25) is 4.79 Å². The summed E-state index contributed by atoms with van der Waals surface area (Å²) in [7, 11) is 1.89. The predicted octanol–water partition coefficient (Wildman–Crippen LogP) is 2.61. The molecule has 2 bridgehead atoms. The molecule has 2 fully saturated rings. The van der Waals surface area contributed by atoms with Crippen LogP contribution in [0, 0.1) is 6.92 Å². The molecule has 2 atom stereocenters. The Kier molecular flexibility index (Phi) is 4.85. The summed E-state index contributed by atoms with van der Waals surface area (Å²) in [5.41, 5.74) is 1.92. The van der Waals surface area contributed by atoms with Crippen LogP contribution in [0.2, 0.25) is 0 Å². The average Bonchev–Trinajstić information content (AvgIpc) is 2.54. The molecule has 0 aromatic heterocycles. The lowest BCUT2D eigenvalue weighted by atomic mass is 9.82. The first-order valence-corrected chi connectivity index (χ1v) is 8.87. The van der Waals surface area contributed by atoms with Gasteiger partial charge in [-0.05, 0) is 63.4 Å². The van der Waals surface area contributed by atoms with Crippen LogP contribution in [0.15, 0.2) is 24.3 Å². The van der Waals surface area contributed by atoms with Gasteiger partial charge in [-0.2, -0.15) is 0 Å². The molecule has 2 N–H and O–H groups in total. The normalized spacial score (nSPS) is 26.5. The molecule has 0 aliphatic carbocycles. The highest BCUT2D eigenvalue weighted by molar-refractivity contribution is 7.80. The van der Waals surface area contributed by atoms with Gasteiger partial charge in [-0.15, -0.1) is 0 Å². The summed E-state index contributed by atoms with van der Waals surface area (Å²) in [6.07, 6.45) is 5.55. The molecule has 1 aromatic carbocycles. The van der Waals surface area contributed by atoms with Gasteiger partial charge in [0.15, 0.2) is 5.11 Å². The zero-order valence-corrected chi connectivity index (χ0v) is 14.7. The molecule has 2 aliphatic heterocycles. The molecule has 2 heterocycles. The van der Waals surface area contributed by atoms with Gasteiger partial charge in [0.1, 0.15) is 0 Å². The predicted molar refractivity (Wildman–Crippen MR) is 96.6 cm³/mol. The second-order valence-electron chi connectivity index (χ2n) is 6.71. The molecule has 2 aliphatic rings. The van der Waals surface area contributed by atoms with Crippen molar-refractivity contribution in [2.45, 2.75) is 57.2 Å². The van der Waals surface area contributed by atoms with Crippen molar-refractivity contribution in [3.63, 3.8) is 0 Å². The SMILES string of the molecule is CNC(=S)N1C2CCCC1CC(NC(=O)c1ccc(C)cc1)C2. The monoisotopic (exact) mass is 331 g/mol. The second kappa shape index (κ2) is 6.87. The van der Waals surface area contributed by atoms with E-state index in [2.05, 4.69) is 15.5 Å². The van der Waals surface area contributed by atoms with Crippen molar-refractivity contribution >= 4 is 23.2 Å². The van der Waals surface area contributed by atoms with Crippen molar-refractivity contribution < 1.29 is 4.79 Å². The molecular weight excluding hydrogens is 306 g/mol. The van der Waals surface area contributed by atoms with Gasteiger partial charge in [0.25, 0.3) is 5.91 Å². The maximum atomic E-state index is 12.5. The standard InChI is InChI=1S/C18H25N3OS/c1-12-6-8-13(9-7-12)17(22)20-14-10-15-4-3-5-16(11-14)21(15)18(23)19-2/h6-9,14-16H,3-5,10-11H2,1-2H3,(H,19,23)(H,20,22). The van der Waals surface area contributed by atoms with Gasteiger partial charge < -0.3 is 15.5 Å². The molecular formula is C18H25N3OS. The van der Waals surface area contributed by atoms with E-state index in [4.69, 9.17) is 12.2 Å². The van der Waals surface area contributed by atoms with Crippen molar-refractivity contribution in [1.29, 1.82) is 0 Å². The number of hydrogen-bond acceptors (Lipinski definition) is 2. The van der Waals surface area contributed by atoms with Crippen molar-refractivity contribution in [2.24, 2.45) is 0 Å². The Hall–Kier alpha value is -1.62. The third kappa shape index (κ3) is 3.50. The number of nitrogens with zero attached hydrogens (tertiary/aromatic N) is 1. The minimum absolute atomic E-state index is 0.0396. The lowest BCUT2D eigenvalue weighted by Crippen LogP contribution is -2.60.